The zero-order chi connectivity index (χ0) is 22.2. The molecule has 1 unspecified atom stereocenters. The summed E-state index contributed by atoms with van der Waals surface area (Å²) in [5.74, 6) is -1.70. The van der Waals surface area contributed by atoms with Crippen LogP contribution in [-0.2, 0) is 15.7 Å². The fraction of sp³-hybridized carbons (Fsp3) is 0.381. The Balaban J connectivity index is 1.58. The van der Waals surface area contributed by atoms with Crippen LogP contribution >= 0.6 is 0 Å². The third-order valence-electron chi connectivity index (χ3n) is 5.51. The molecule has 0 N–H and O–H groups in total. The van der Waals surface area contributed by atoms with Gasteiger partial charge in [0, 0.05) is 18.4 Å². The molecule has 2 saturated heterocycles. The minimum Gasteiger partial charge on any atom is -0.361 e. The van der Waals surface area contributed by atoms with Crippen molar-refractivity contribution in [1.82, 2.24) is 9.88 Å². The van der Waals surface area contributed by atoms with Gasteiger partial charge in [-0.3, -0.25) is 14.6 Å². The van der Waals surface area contributed by atoms with E-state index in [9.17, 15) is 27.2 Å². The van der Waals surface area contributed by atoms with E-state index >= 15 is 0 Å². The van der Waals surface area contributed by atoms with Gasteiger partial charge in [0.15, 0.2) is 0 Å². The Morgan fingerprint density at radius 2 is 1.97 bits per heavy atom. The Hall–Kier alpha value is -3.01. The van der Waals surface area contributed by atoms with Crippen LogP contribution in [0.3, 0.4) is 0 Å². The van der Waals surface area contributed by atoms with E-state index < -0.39 is 34.8 Å². The predicted octanol–water partition coefficient (Wildman–Crippen LogP) is 3.28. The Bertz CT molecular complexity index is 1010. The maximum absolute atomic E-state index is 13.7. The van der Waals surface area contributed by atoms with Crippen molar-refractivity contribution in [3.8, 4) is 0 Å². The lowest BCUT2D eigenvalue weighted by atomic mass is 9.90. The fourth-order valence-electron chi connectivity index (χ4n) is 4.07. The number of alkyl halides is 3. The number of hydrogen-bond donors (Lipinski definition) is 0. The summed E-state index contributed by atoms with van der Waals surface area (Å²) in [4.78, 5) is 31.7. The molecular formula is C21H19F4N3O3. The van der Waals surface area contributed by atoms with Crippen molar-refractivity contribution in [2.75, 3.05) is 31.1 Å². The molecule has 4 rings (SSSR count). The van der Waals surface area contributed by atoms with Crippen molar-refractivity contribution in [3.05, 3.63) is 59.7 Å². The second-order valence-corrected chi connectivity index (χ2v) is 7.66. The maximum atomic E-state index is 13.7. The number of anilines is 1. The molecule has 6 nitrogen and oxygen atoms in total. The van der Waals surface area contributed by atoms with E-state index in [0.29, 0.717) is 18.5 Å². The zero-order valence-electron chi connectivity index (χ0n) is 16.4. The number of carbonyl (C=O) groups is 2. The summed E-state index contributed by atoms with van der Waals surface area (Å²) in [5, 5.41) is 0. The number of nitrogens with zero attached hydrogens (tertiary/aromatic N) is 3. The topological polar surface area (TPSA) is 62.7 Å². The molecule has 2 amide bonds. The van der Waals surface area contributed by atoms with E-state index in [4.69, 9.17) is 4.74 Å². The number of pyridine rings is 1. The monoisotopic (exact) mass is 437 g/mol. The molecule has 1 atom stereocenters. The number of aromatic nitrogens is 1. The molecule has 31 heavy (non-hydrogen) atoms. The van der Waals surface area contributed by atoms with Crippen LogP contribution in [0, 0.1) is 5.82 Å². The van der Waals surface area contributed by atoms with Crippen LogP contribution < -0.4 is 4.90 Å². The normalized spacial score (nSPS) is 22.1. The first-order valence-electron chi connectivity index (χ1n) is 9.70. The standard InChI is InChI=1S/C21H19F4N3O3/c22-14-4-1-5-15(10-14)28-13-20(31-11-17(28)29)7-3-9-27(12-20)19(30)18-16(21(23,24)25)6-2-8-26-18/h1-2,4-6,8,10H,3,7,9,11-13H2. The number of morpholine rings is 1. The van der Waals surface area contributed by atoms with E-state index in [2.05, 4.69) is 4.98 Å². The summed E-state index contributed by atoms with van der Waals surface area (Å²) in [6.45, 7) is 0.0356. The first-order valence-corrected chi connectivity index (χ1v) is 9.70. The molecule has 1 spiro atoms. The zero-order valence-corrected chi connectivity index (χ0v) is 16.4. The molecule has 2 fully saturated rings. The van der Waals surface area contributed by atoms with Crippen LogP contribution in [0.15, 0.2) is 42.6 Å². The van der Waals surface area contributed by atoms with E-state index in [0.717, 1.165) is 18.3 Å². The molecule has 0 aliphatic carbocycles. The second kappa shape index (κ2) is 7.92. The maximum Gasteiger partial charge on any atom is 0.418 e. The smallest absolute Gasteiger partial charge is 0.361 e. The first-order chi connectivity index (χ1) is 14.7. The number of benzene rings is 1. The van der Waals surface area contributed by atoms with Crippen LogP contribution in [0.2, 0.25) is 0 Å². The van der Waals surface area contributed by atoms with Crippen LogP contribution in [0.4, 0.5) is 23.2 Å². The number of likely N-dealkylation sites (tertiary alicyclic amines) is 1. The third-order valence-corrected chi connectivity index (χ3v) is 5.51. The number of carbonyl (C=O) groups excluding carboxylic acids is 2. The van der Waals surface area contributed by atoms with Crippen molar-refractivity contribution in [2.45, 2.75) is 24.6 Å². The highest BCUT2D eigenvalue weighted by Gasteiger charge is 2.46. The number of piperidine rings is 1. The van der Waals surface area contributed by atoms with Gasteiger partial charge in [0.05, 0.1) is 18.7 Å². The molecule has 3 heterocycles. The van der Waals surface area contributed by atoms with Crippen LogP contribution in [-0.4, -0.2) is 53.5 Å². The minimum absolute atomic E-state index is 0.00119. The average Bonchev–Trinajstić information content (AvgIpc) is 2.75. The van der Waals surface area contributed by atoms with Gasteiger partial charge in [0.25, 0.3) is 11.8 Å². The molecule has 0 radical (unpaired) electrons. The molecule has 10 heteroatoms. The molecule has 2 aromatic rings. The van der Waals surface area contributed by atoms with Gasteiger partial charge in [-0.05, 0) is 43.2 Å². The van der Waals surface area contributed by atoms with Crippen LogP contribution in [0.1, 0.15) is 28.9 Å². The van der Waals surface area contributed by atoms with E-state index in [1.807, 2.05) is 0 Å². The fourth-order valence-corrected chi connectivity index (χ4v) is 4.07. The van der Waals surface area contributed by atoms with E-state index in [1.165, 1.54) is 28.0 Å². The highest BCUT2D eigenvalue weighted by atomic mass is 19.4. The summed E-state index contributed by atoms with van der Waals surface area (Å²) in [7, 11) is 0. The van der Waals surface area contributed by atoms with E-state index in [-0.39, 0.29) is 32.1 Å². The van der Waals surface area contributed by atoms with Gasteiger partial charge in [-0.1, -0.05) is 6.07 Å². The van der Waals surface area contributed by atoms with Crippen molar-refractivity contribution in [1.29, 1.82) is 0 Å². The third kappa shape index (κ3) is 4.25. The number of amides is 2. The molecule has 0 saturated carbocycles. The Morgan fingerprint density at radius 1 is 1.16 bits per heavy atom. The highest BCUT2D eigenvalue weighted by Crippen LogP contribution is 2.35. The summed E-state index contributed by atoms with van der Waals surface area (Å²) >= 11 is 0. The molecule has 2 aliphatic rings. The highest BCUT2D eigenvalue weighted by molar-refractivity contribution is 5.96. The molecule has 0 bridgehead atoms. The lowest BCUT2D eigenvalue weighted by Crippen LogP contribution is -2.62. The van der Waals surface area contributed by atoms with Gasteiger partial charge in [-0.25, -0.2) is 4.39 Å². The molecule has 2 aliphatic heterocycles. The largest absolute Gasteiger partial charge is 0.418 e. The molecule has 1 aromatic heterocycles. The van der Waals surface area contributed by atoms with Crippen molar-refractivity contribution < 1.29 is 31.9 Å². The number of rotatable bonds is 2. The van der Waals surface area contributed by atoms with Crippen LogP contribution in [0.5, 0.6) is 0 Å². The molecule has 164 valence electrons. The second-order valence-electron chi connectivity index (χ2n) is 7.66. The van der Waals surface area contributed by atoms with Gasteiger partial charge in [0.2, 0.25) is 0 Å². The predicted molar refractivity (Wildman–Crippen MR) is 102 cm³/mol. The number of halogens is 4. The SMILES string of the molecule is O=C(c1ncccc1C(F)(F)F)N1CCCC2(C1)CN(c1cccc(F)c1)C(=O)CO2. The quantitative estimate of drug-likeness (QED) is 0.677. The van der Waals surface area contributed by atoms with Crippen LogP contribution in [0.25, 0.3) is 0 Å². The molecule has 1 aromatic carbocycles. The molecular weight excluding hydrogens is 418 g/mol. The number of hydrogen-bond acceptors (Lipinski definition) is 4. The Labute approximate surface area is 175 Å². The summed E-state index contributed by atoms with van der Waals surface area (Å²) in [6, 6.07) is 7.51. The lowest BCUT2D eigenvalue weighted by Gasteiger charge is -2.47. The van der Waals surface area contributed by atoms with Crippen molar-refractivity contribution >= 4 is 17.5 Å². The summed E-state index contributed by atoms with van der Waals surface area (Å²) < 4.78 is 59.4. The van der Waals surface area contributed by atoms with Gasteiger partial charge in [0.1, 0.15) is 23.7 Å². The number of ether oxygens (including phenoxy) is 1. The summed E-state index contributed by atoms with van der Waals surface area (Å²) in [6.07, 6.45) is -2.59. The Morgan fingerprint density at radius 3 is 2.71 bits per heavy atom. The van der Waals surface area contributed by atoms with Gasteiger partial charge < -0.3 is 14.5 Å². The minimum atomic E-state index is -4.71. The van der Waals surface area contributed by atoms with Gasteiger partial charge >= 0.3 is 6.18 Å². The lowest BCUT2D eigenvalue weighted by molar-refractivity contribution is -0.144. The van der Waals surface area contributed by atoms with Crippen molar-refractivity contribution in [2.24, 2.45) is 0 Å². The first kappa shape index (κ1) is 21.2. The van der Waals surface area contributed by atoms with Crippen molar-refractivity contribution in [3.63, 3.8) is 0 Å². The average molecular weight is 437 g/mol. The summed E-state index contributed by atoms with van der Waals surface area (Å²) in [5.41, 5.74) is -2.36. The van der Waals surface area contributed by atoms with Gasteiger partial charge in [-0.2, -0.15) is 13.2 Å². The Kier molecular flexibility index (Phi) is 5.42. The van der Waals surface area contributed by atoms with Gasteiger partial charge in [-0.15, -0.1) is 0 Å². The van der Waals surface area contributed by atoms with E-state index in [1.54, 1.807) is 6.07 Å².